The van der Waals surface area contributed by atoms with E-state index in [1.165, 1.54) is 6.92 Å². The third-order valence-electron chi connectivity index (χ3n) is 8.37. The summed E-state index contributed by atoms with van der Waals surface area (Å²) in [4.78, 5) is 76.2. The van der Waals surface area contributed by atoms with E-state index in [0.717, 1.165) is 0 Å². The topological polar surface area (TPSA) is 251 Å². The maximum absolute atomic E-state index is 12.8. The predicted octanol–water partition coefficient (Wildman–Crippen LogP) is 7.38. The molecule has 0 saturated carbocycles. The number of carbonyl (C=O) groups is 7. The van der Waals surface area contributed by atoms with Gasteiger partial charge in [-0.25, -0.2) is 22.8 Å². The standard InChI is InChI=1S/C12H20F2O4.C10H16F2O4.C9H14F4O6S.C9H14F2O4/c1-4-9(2)10(15)17-7-5-6-8-18-11(16)12(3,13)14;1-4-7(2)8(13)15-5-6-16-9(14)10(3,11)12;1-3-6(2)7(14)18-4-5-19-8(10,11)9(12,13)20(15,16)17;1-4-6(2)7(12)14-5-15-8(13)9(3,10)11/h9H,4-8H2,1-3H3;7H,4-6H2,1-3H3;6H,3-5H2,1-2H3,(H,15,16,17);6H,4-5H2,1-3H3/p-1. The number of carbonyl (C=O) groups excluding carboxylic acids is 7. The van der Waals surface area contributed by atoms with E-state index in [1.807, 2.05) is 13.8 Å². The number of rotatable bonds is 27. The van der Waals surface area contributed by atoms with Crippen LogP contribution in [0.2, 0.25) is 0 Å². The normalized spacial score (nSPS) is 13.6. The highest BCUT2D eigenvalue weighted by atomic mass is 32.2. The van der Waals surface area contributed by atoms with Gasteiger partial charge in [-0.05, 0) is 38.5 Å². The SMILES string of the molecule is CCC(C)C(=O)OCCCCOC(=O)C(C)(F)F.CCC(C)C(=O)OCCOC(=O)C(C)(F)F.CCC(C)C(=O)OCCOC(F)(F)C(F)(F)S(=O)(=O)[O-].CCC(C)C(=O)OCOC(=O)C(C)(F)F. The third-order valence-corrected chi connectivity index (χ3v) is 9.23. The van der Waals surface area contributed by atoms with E-state index in [0.29, 0.717) is 59.3 Å². The minimum Gasteiger partial charge on any atom is -0.743 e. The van der Waals surface area contributed by atoms with Gasteiger partial charge in [0.25, 0.3) is 0 Å². The second-order valence-corrected chi connectivity index (χ2v) is 16.2. The molecule has 29 heteroatoms. The van der Waals surface area contributed by atoms with E-state index >= 15 is 0 Å². The van der Waals surface area contributed by atoms with E-state index < -0.39 is 101 Å². The van der Waals surface area contributed by atoms with Crippen LogP contribution in [0.5, 0.6) is 0 Å². The quantitative estimate of drug-likeness (QED) is 0.0194. The van der Waals surface area contributed by atoms with Crippen LogP contribution in [0.4, 0.5) is 43.9 Å². The first kappa shape index (κ1) is 71.0. The fraction of sp³-hybridized carbons (Fsp3) is 0.825. The van der Waals surface area contributed by atoms with Crippen molar-refractivity contribution < 1.29 is 128 Å². The number of esters is 7. The van der Waals surface area contributed by atoms with Gasteiger partial charge in [-0.15, -0.1) is 0 Å². The molecular weight excluding hydrogens is 990 g/mol. The minimum atomic E-state index is -6.60. The molecule has 4 atom stereocenters. The summed E-state index contributed by atoms with van der Waals surface area (Å²) in [6.07, 6.45) is -2.33. The van der Waals surface area contributed by atoms with Crippen molar-refractivity contribution in [2.75, 3.05) is 46.4 Å². The van der Waals surface area contributed by atoms with Gasteiger partial charge in [0.15, 0.2) is 10.1 Å². The van der Waals surface area contributed by atoms with E-state index in [4.69, 9.17) is 9.47 Å². The lowest BCUT2D eigenvalue weighted by Crippen LogP contribution is -2.49. The van der Waals surface area contributed by atoms with Crippen LogP contribution in [0, 0.1) is 23.7 Å². The summed E-state index contributed by atoms with van der Waals surface area (Å²) < 4.78 is 189. The summed E-state index contributed by atoms with van der Waals surface area (Å²) in [5, 5.41) is -5.92. The average Bonchev–Trinajstić information content (AvgIpc) is 3.25. The summed E-state index contributed by atoms with van der Waals surface area (Å²) in [5.74, 6) is -18.7. The molecule has 0 aromatic heterocycles. The van der Waals surface area contributed by atoms with Crippen LogP contribution < -0.4 is 0 Å². The van der Waals surface area contributed by atoms with Gasteiger partial charge in [0.05, 0.1) is 43.5 Å². The van der Waals surface area contributed by atoms with Crippen molar-refractivity contribution in [1.29, 1.82) is 0 Å². The van der Waals surface area contributed by atoms with Gasteiger partial charge < -0.3 is 42.4 Å². The molecule has 0 fully saturated rings. The molecule has 69 heavy (non-hydrogen) atoms. The number of ether oxygens (including phenoxy) is 8. The molecule has 0 aliphatic carbocycles. The lowest BCUT2D eigenvalue weighted by molar-refractivity contribution is -0.320. The fourth-order valence-electron chi connectivity index (χ4n) is 3.12. The maximum Gasteiger partial charge on any atom is 0.433 e. The Morgan fingerprint density at radius 2 is 0.696 bits per heavy atom. The number of hydrogen-bond donors (Lipinski definition) is 0. The number of halogens is 10. The molecule has 0 aromatic rings. The zero-order chi connectivity index (χ0) is 55.2. The van der Waals surface area contributed by atoms with Gasteiger partial charge in [0.2, 0.25) is 6.79 Å². The molecule has 0 radical (unpaired) electrons. The van der Waals surface area contributed by atoms with E-state index in [2.05, 4.69) is 28.4 Å². The van der Waals surface area contributed by atoms with Crippen LogP contribution in [-0.2, 0) is 81.6 Å². The molecule has 0 N–H and O–H groups in total. The highest BCUT2D eigenvalue weighted by Crippen LogP contribution is 2.39. The van der Waals surface area contributed by atoms with Gasteiger partial charge in [-0.1, -0.05) is 55.4 Å². The van der Waals surface area contributed by atoms with Crippen molar-refractivity contribution in [3.63, 3.8) is 0 Å². The summed E-state index contributed by atoms with van der Waals surface area (Å²) in [6.45, 7) is 11.9. The Bertz CT molecular complexity index is 1670. The van der Waals surface area contributed by atoms with Gasteiger partial charge in [-0.3, -0.25) is 19.2 Å². The highest BCUT2D eigenvalue weighted by molar-refractivity contribution is 7.86. The Morgan fingerprint density at radius 1 is 0.435 bits per heavy atom. The Kier molecular flexibility index (Phi) is 34.9. The van der Waals surface area contributed by atoms with Crippen molar-refractivity contribution in [2.24, 2.45) is 23.7 Å². The van der Waals surface area contributed by atoms with Crippen LogP contribution in [0.25, 0.3) is 0 Å². The van der Waals surface area contributed by atoms with Gasteiger partial charge in [-0.2, -0.15) is 43.9 Å². The molecule has 0 heterocycles. The van der Waals surface area contributed by atoms with Crippen molar-refractivity contribution in [3.8, 4) is 0 Å². The fourth-order valence-corrected chi connectivity index (χ4v) is 3.47. The second-order valence-electron chi connectivity index (χ2n) is 14.7. The molecular formula is C40H63F10O18S-. The molecule has 0 amide bonds. The van der Waals surface area contributed by atoms with Crippen LogP contribution in [0.15, 0.2) is 0 Å². The first-order valence-corrected chi connectivity index (χ1v) is 22.3. The lowest BCUT2D eigenvalue weighted by Gasteiger charge is -2.27. The van der Waals surface area contributed by atoms with Crippen molar-refractivity contribution >= 4 is 51.9 Å². The van der Waals surface area contributed by atoms with E-state index in [9.17, 15) is 90.4 Å². The minimum absolute atomic E-state index is 0.0941. The smallest absolute Gasteiger partial charge is 0.433 e. The summed E-state index contributed by atoms with van der Waals surface area (Å²) in [7, 11) is -6.60. The molecule has 408 valence electrons. The Labute approximate surface area is 393 Å². The van der Waals surface area contributed by atoms with E-state index in [1.54, 1.807) is 34.6 Å². The molecule has 0 saturated heterocycles. The van der Waals surface area contributed by atoms with Crippen LogP contribution in [0.3, 0.4) is 0 Å². The Hall–Kier alpha value is -4.54. The molecule has 18 nitrogen and oxygen atoms in total. The lowest BCUT2D eigenvalue weighted by atomic mass is 10.1. The zero-order valence-electron chi connectivity index (χ0n) is 40.0. The number of alkyl halides is 10. The zero-order valence-corrected chi connectivity index (χ0v) is 40.9. The Morgan fingerprint density at radius 3 is 1.01 bits per heavy atom. The van der Waals surface area contributed by atoms with Crippen molar-refractivity contribution in [1.82, 2.24) is 0 Å². The van der Waals surface area contributed by atoms with Crippen LogP contribution in [0.1, 0.15) is 115 Å². The highest BCUT2D eigenvalue weighted by Gasteiger charge is 2.63. The summed E-state index contributed by atoms with van der Waals surface area (Å²) >= 11 is 0. The monoisotopic (exact) mass is 1050 g/mol. The first-order valence-electron chi connectivity index (χ1n) is 20.9. The van der Waals surface area contributed by atoms with Crippen LogP contribution >= 0.6 is 0 Å². The van der Waals surface area contributed by atoms with E-state index in [-0.39, 0.29) is 50.2 Å². The third kappa shape index (κ3) is 32.8. The molecule has 0 bridgehead atoms. The second kappa shape index (κ2) is 33.9. The Balaban J connectivity index is -0.000000411. The number of hydrogen-bond acceptors (Lipinski definition) is 18. The number of unbranched alkanes of at least 4 members (excludes halogenated alkanes) is 1. The summed E-state index contributed by atoms with van der Waals surface area (Å²) in [6, 6.07) is 0. The summed E-state index contributed by atoms with van der Waals surface area (Å²) in [5.41, 5.74) is 0. The van der Waals surface area contributed by atoms with Gasteiger partial charge in [0.1, 0.15) is 19.8 Å². The molecule has 0 rings (SSSR count). The average molecular weight is 1050 g/mol. The molecule has 0 aliphatic rings. The van der Waals surface area contributed by atoms with Crippen LogP contribution in [-0.4, -0.2) is 130 Å². The maximum atomic E-state index is 12.8. The molecule has 4 unspecified atom stereocenters. The first-order chi connectivity index (χ1) is 31.2. The van der Waals surface area contributed by atoms with Gasteiger partial charge in [0, 0.05) is 20.8 Å². The largest absolute Gasteiger partial charge is 0.743 e. The molecule has 0 spiro atoms. The molecule has 0 aliphatic heterocycles. The van der Waals surface area contributed by atoms with Crippen molar-refractivity contribution in [2.45, 2.75) is 144 Å². The van der Waals surface area contributed by atoms with Gasteiger partial charge >= 0.3 is 70.9 Å². The predicted molar refractivity (Wildman–Crippen MR) is 216 cm³/mol. The molecule has 0 aromatic carbocycles. The van der Waals surface area contributed by atoms with Crippen molar-refractivity contribution in [3.05, 3.63) is 0 Å².